The maximum Gasteiger partial charge on any atom is 0.333 e. The summed E-state index contributed by atoms with van der Waals surface area (Å²) in [5, 5.41) is 13.7. The van der Waals surface area contributed by atoms with Gasteiger partial charge in [0, 0.05) is 17.9 Å². The zero-order valence-electron chi connectivity index (χ0n) is 20.3. The van der Waals surface area contributed by atoms with Crippen LogP contribution in [0.2, 0.25) is 0 Å². The van der Waals surface area contributed by atoms with Crippen LogP contribution in [0.4, 0.5) is 16.2 Å². The number of benzene rings is 2. The number of nitrogens with zero attached hydrogens (tertiary/aromatic N) is 1. The number of ether oxygens (including phenoxy) is 1. The van der Waals surface area contributed by atoms with Gasteiger partial charge in [0.15, 0.2) is 0 Å². The standard InChI is InChI=1S/C28H36N2O4/c1-3-4-5-6-7-8-9-15-20-34-21(2)26(31)25-23-18-13-14-19-24(23)30(27(25)32)28(33)29-22-16-11-10-12-17-22/h10-14,16-19,21,31H,3-9,15,20H2,1-2H3,(H,29,33). The Labute approximate surface area is 202 Å². The fourth-order valence-electron chi connectivity index (χ4n) is 4.14. The fraction of sp³-hybridized carbons (Fsp3) is 0.429. The Morgan fingerprint density at radius 2 is 1.56 bits per heavy atom. The number of para-hydroxylation sites is 2. The smallest absolute Gasteiger partial charge is 0.333 e. The van der Waals surface area contributed by atoms with Crippen molar-refractivity contribution in [2.45, 2.75) is 71.3 Å². The molecule has 6 heteroatoms. The van der Waals surface area contributed by atoms with Crippen LogP contribution in [0.15, 0.2) is 60.4 Å². The largest absolute Gasteiger partial charge is 0.509 e. The first-order valence-electron chi connectivity index (χ1n) is 12.4. The van der Waals surface area contributed by atoms with Gasteiger partial charge in [0.1, 0.15) is 11.9 Å². The van der Waals surface area contributed by atoms with Gasteiger partial charge in [0.2, 0.25) is 0 Å². The normalized spacial score (nSPS) is 15.2. The third-order valence-electron chi connectivity index (χ3n) is 6.07. The Morgan fingerprint density at radius 3 is 2.26 bits per heavy atom. The Bertz CT molecular complexity index is 987. The van der Waals surface area contributed by atoms with E-state index in [-0.39, 0.29) is 11.3 Å². The second-order valence-electron chi connectivity index (χ2n) is 8.70. The quantitative estimate of drug-likeness (QED) is 0.200. The van der Waals surface area contributed by atoms with Gasteiger partial charge in [0.25, 0.3) is 5.91 Å². The fourth-order valence-corrected chi connectivity index (χ4v) is 4.14. The Morgan fingerprint density at radius 1 is 0.941 bits per heavy atom. The molecule has 2 N–H and O–H groups in total. The molecule has 1 aliphatic rings. The topological polar surface area (TPSA) is 78.9 Å². The summed E-state index contributed by atoms with van der Waals surface area (Å²) in [5.41, 5.74) is 1.66. The van der Waals surface area contributed by atoms with E-state index in [1.54, 1.807) is 55.5 Å². The van der Waals surface area contributed by atoms with Crippen molar-refractivity contribution < 1.29 is 19.4 Å². The van der Waals surface area contributed by atoms with Gasteiger partial charge < -0.3 is 15.2 Å². The van der Waals surface area contributed by atoms with E-state index in [1.807, 2.05) is 6.07 Å². The van der Waals surface area contributed by atoms with Gasteiger partial charge in [-0.05, 0) is 31.5 Å². The molecule has 0 aromatic heterocycles. The lowest BCUT2D eigenvalue weighted by Crippen LogP contribution is -2.37. The van der Waals surface area contributed by atoms with E-state index in [0.29, 0.717) is 23.5 Å². The third-order valence-corrected chi connectivity index (χ3v) is 6.07. The predicted molar refractivity (Wildman–Crippen MR) is 137 cm³/mol. The summed E-state index contributed by atoms with van der Waals surface area (Å²) in [4.78, 5) is 27.3. The molecule has 0 saturated carbocycles. The average Bonchev–Trinajstić information content (AvgIpc) is 3.14. The van der Waals surface area contributed by atoms with Crippen molar-refractivity contribution in [1.82, 2.24) is 0 Å². The first-order valence-corrected chi connectivity index (χ1v) is 12.4. The summed E-state index contributed by atoms with van der Waals surface area (Å²) in [6, 6.07) is 15.4. The molecule has 0 fully saturated rings. The highest BCUT2D eigenvalue weighted by atomic mass is 16.5. The second kappa shape index (κ2) is 12.9. The summed E-state index contributed by atoms with van der Waals surface area (Å²) in [5.74, 6) is -0.707. The van der Waals surface area contributed by atoms with Gasteiger partial charge in [-0.1, -0.05) is 88.3 Å². The molecule has 1 unspecified atom stereocenters. The van der Waals surface area contributed by atoms with Crippen LogP contribution in [-0.4, -0.2) is 29.8 Å². The van der Waals surface area contributed by atoms with Crippen molar-refractivity contribution in [1.29, 1.82) is 0 Å². The first-order chi connectivity index (χ1) is 16.5. The highest BCUT2D eigenvalue weighted by Gasteiger charge is 2.39. The molecule has 0 radical (unpaired) electrons. The maximum absolute atomic E-state index is 13.3. The predicted octanol–water partition coefficient (Wildman–Crippen LogP) is 7.08. The second-order valence-corrected chi connectivity index (χ2v) is 8.70. The van der Waals surface area contributed by atoms with Crippen LogP contribution in [0.5, 0.6) is 0 Å². The molecule has 0 saturated heterocycles. The summed E-state index contributed by atoms with van der Waals surface area (Å²) >= 11 is 0. The van der Waals surface area contributed by atoms with Gasteiger partial charge in [0.05, 0.1) is 11.3 Å². The van der Waals surface area contributed by atoms with Crippen molar-refractivity contribution in [3.8, 4) is 0 Å². The molecule has 1 heterocycles. The molecule has 2 aromatic rings. The summed E-state index contributed by atoms with van der Waals surface area (Å²) in [7, 11) is 0. The molecule has 34 heavy (non-hydrogen) atoms. The van der Waals surface area contributed by atoms with E-state index in [2.05, 4.69) is 12.2 Å². The number of hydrogen-bond acceptors (Lipinski definition) is 4. The minimum Gasteiger partial charge on any atom is -0.509 e. The highest BCUT2D eigenvalue weighted by Crippen LogP contribution is 2.39. The van der Waals surface area contributed by atoms with Crippen LogP contribution in [0.3, 0.4) is 0 Å². The molecule has 3 amide bonds. The van der Waals surface area contributed by atoms with Crippen molar-refractivity contribution in [3.63, 3.8) is 0 Å². The number of carbonyl (C=O) groups is 2. The zero-order chi connectivity index (χ0) is 24.3. The van der Waals surface area contributed by atoms with Crippen molar-refractivity contribution in [3.05, 3.63) is 65.9 Å². The van der Waals surface area contributed by atoms with Gasteiger partial charge in [-0.2, -0.15) is 0 Å². The number of rotatable bonds is 12. The molecule has 3 rings (SSSR count). The highest BCUT2D eigenvalue weighted by molar-refractivity contribution is 6.41. The minimum atomic E-state index is -0.645. The first kappa shape index (κ1) is 25.5. The molecular weight excluding hydrogens is 428 g/mol. The van der Waals surface area contributed by atoms with Crippen molar-refractivity contribution >= 4 is 28.9 Å². The number of urea groups is 1. The lowest BCUT2D eigenvalue weighted by Gasteiger charge is -2.17. The SMILES string of the molecule is CCCCCCCCCCOC(C)C(O)=C1C(=O)N(C(=O)Nc2ccccc2)c2ccccc21. The zero-order valence-corrected chi connectivity index (χ0v) is 20.3. The van der Waals surface area contributed by atoms with E-state index in [1.165, 1.54) is 38.5 Å². The van der Waals surface area contributed by atoms with E-state index >= 15 is 0 Å². The molecule has 2 aromatic carbocycles. The number of anilines is 2. The molecule has 1 aliphatic heterocycles. The number of carbonyl (C=O) groups excluding carboxylic acids is 2. The number of hydrogen-bond donors (Lipinski definition) is 2. The lowest BCUT2D eigenvalue weighted by atomic mass is 10.0. The van der Waals surface area contributed by atoms with Crippen molar-refractivity contribution in [2.75, 3.05) is 16.8 Å². The Kier molecular flexibility index (Phi) is 9.71. The molecule has 0 bridgehead atoms. The molecule has 0 aliphatic carbocycles. The summed E-state index contributed by atoms with van der Waals surface area (Å²) in [6.07, 6.45) is 8.95. The van der Waals surface area contributed by atoms with Gasteiger partial charge in [-0.25, -0.2) is 9.69 Å². The van der Waals surface area contributed by atoms with E-state index in [9.17, 15) is 14.7 Å². The number of imide groups is 1. The number of fused-ring (bicyclic) bond motifs is 1. The van der Waals surface area contributed by atoms with Crippen LogP contribution in [0, 0.1) is 0 Å². The van der Waals surface area contributed by atoms with E-state index in [0.717, 1.165) is 17.7 Å². The Balaban J connectivity index is 1.61. The molecule has 0 spiro atoms. The van der Waals surface area contributed by atoms with Crippen LogP contribution >= 0.6 is 0 Å². The number of aliphatic hydroxyl groups excluding tert-OH is 1. The Hall–Kier alpha value is -3.12. The van der Waals surface area contributed by atoms with Crippen LogP contribution in [0.25, 0.3) is 5.57 Å². The average molecular weight is 465 g/mol. The number of aliphatic hydroxyl groups is 1. The van der Waals surface area contributed by atoms with E-state index in [4.69, 9.17) is 4.74 Å². The third kappa shape index (κ3) is 6.48. The lowest BCUT2D eigenvalue weighted by molar-refractivity contribution is -0.112. The monoisotopic (exact) mass is 464 g/mol. The summed E-state index contributed by atoms with van der Waals surface area (Å²) in [6.45, 7) is 4.47. The van der Waals surface area contributed by atoms with Crippen LogP contribution in [-0.2, 0) is 9.53 Å². The van der Waals surface area contributed by atoms with Crippen LogP contribution < -0.4 is 10.2 Å². The summed E-state index contributed by atoms with van der Waals surface area (Å²) < 4.78 is 5.84. The van der Waals surface area contributed by atoms with Crippen LogP contribution in [0.1, 0.15) is 70.8 Å². The molecule has 1 atom stereocenters. The van der Waals surface area contributed by atoms with Crippen molar-refractivity contribution in [2.24, 2.45) is 0 Å². The van der Waals surface area contributed by atoms with Gasteiger partial charge in [-0.3, -0.25) is 4.79 Å². The molecule has 6 nitrogen and oxygen atoms in total. The number of nitrogens with one attached hydrogen (secondary N) is 1. The van der Waals surface area contributed by atoms with Gasteiger partial charge in [-0.15, -0.1) is 0 Å². The van der Waals surface area contributed by atoms with Gasteiger partial charge >= 0.3 is 6.03 Å². The molecular formula is C28H36N2O4. The maximum atomic E-state index is 13.3. The van der Waals surface area contributed by atoms with E-state index < -0.39 is 18.0 Å². The molecule has 182 valence electrons. The number of amides is 3. The number of unbranched alkanes of at least 4 members (excludes halogenated alkanes) is 7. The minimum absolute atomic E-state index is 0.113.